The second-order valence-corrected chi connectivity index (χ2v) is 5.95. The quantitative estimate of drug-likeness (QED) is 0.838. The summed E-state index contributed by atoms with van der Waals surface area (Å²) in [5, 5.41) is 2.40. The summed E-state index contributed by atoms with van der Waals surface area (Å²) in [5.41, 5.74) is 2.13. The first-order valence-corrected chi connectivity index (χ1v) is 7.73. The molecule has 1 saturated carbocycles. The minimum absolute atomic E-state index is 0.0723. The third-order valence-electron chi connectivity index (χ3n) is 3.78. The number of hydrogen-bond acceptors (Lipinski definition) is 1. The van der Waals surface area contributed by atoms with Gasteiger partial charge in [0.1, 0.15) is 5.38 Å². The highest BCUT2D eigenvalue weighted by Crippen LogP contribution is 2.32. The molecule has 1 fully saturated rings. The molecule has 0 saturated heterocycles. The molecule has 2 nitrogen and oxygen atoms in total. The van der Waals surface area contributed by atoms with Gasteiger partial charge in [-0.15, -0.1) is 11.6 Å². The van der Waals surface area contributed by atoms with Gasteiger partial charge in [0.05, 0.1) is 0 Å². The zero-order chi connectivity index (χ0) is 14.7. The van der Waals surface area contributed by atoms with Crippen LogP contribution in [0.25, 0.3) is 0 Å². The summed E-state index contributed by atoms with van der Waals surface area (Å²) in [6, 6.07) is 20.3. The molecule has 2 aromatic carbocycles. The van der Waals surface area contributed by atoms with E-state index in [0.717, 1.165) is 24.0 Å². The zero-order valence-corrected chi connectivity index (χ0v) is 12.5. The van der Waals surface area contributed by atoms with Crippen LogP contribution >= 0.6 is 11.6 Å². The average Bonchev–Trinajstić information content (AvgIpc) is 3.33. The smallest absolute Gasteiger partial charge is 0.239 e. The monoisotopic (exact) mass is 299 g/mol. The van der Waals surface area contributed by atoms with Crippen LogP contribution < -0.4 is 5.32 Å². The number of amides is 1. The van der Waals surface area contributed by atoms with Crippen molar-refractivity contribution in [3.8, 4) is 0 Å². The standard InChI is InChI=1S/C18H18ClNO/c19-17(18(21)20-15-11-12-15)16(13-7-3-1-4-8-13)14-9-5-2-6-10-14/h1-10,15-17H,11-12H2,(H,20,21). The number of carbonyl (C=O) groups excluding carboxylic acids is 1. The van der Waals surface area contributed by atoms with Crippen molar-refractivity contribution in [1.29, 1.82) is 0 Å². The number of alkyl halides is 1. The van der Waals surface area contributed by atoms with Gasteiger partial charge in [-0.2, -0.15) is 0 Å². The van der Waals surface area contributed by atoms with E-state index in [9.17, 15) is 4.79 Å². The lowest BCUT2D eigenvalue weighted by atomic mass is 9.88. The van der Waals surface area contributed by atoms with Crippen molar-refractivity contribution in [2.75, 3.05) is 0 Å². The summed E-state index contributed by atoms with van der Waals surface area (Å²) >= 11 is 6.53. The fourth-order valence-electron chi connectivity index (χ4n) is 2.51. The first kappa shape index (κ1) is 14.2. The molecule has 1 aliphatic carbocycles. The summed E-state index contributed by atoms with van der Waals surface area (Å²) in [7, 11) is 0. The molecule has 0 bridgehead atoms. The Morgan fingerprint density at radius 2 is 1.43 bits per heavy atom. The van der Waals surface area contributed by atoms with Gasteiger partial charge in [0.15, 0.2) is 0 Å². The van der Waals surface area contributed by atoms with E-state index < -0.39 is 5.38 Å². The van der Waals surface area contributed by atoms with Crippen molar-refractivity contribution in [3.63, 3.8) is 0 Å². The van der Waals surface area contributed by atoms with Crippen LogP contribution in [0.4, 0.5) is 0 Å². The maximum absolute atomic E-state index is 12.3. The molecule has 0 radical (unpaired) electrons. The van der Waals surface area contributed by atoms with Crippen LogP contribution in [-0.2, 0) is 4.79 Å². The number of rotatable bonds is 5. The fraction of sp³-hybridized carbons (Fsp3) is 0.278. The van der Waals surface area contributed by atoms with E-state index in [1.807, 2.05) is 60.7 Å². The molecular weight excluding hydrogens is 282 g/mol. The lowest BCUT2D eigenvalue weighted by Crippen LogP contribution is -2.36. The molecule has 2 aromatic rings. The lowest BCUT2D eigenvalue weighted by Gasteiger charge is -2.23. The van der Waals surface area contributed by atoms with E-state index in [2.05, 4.69) is 5.32 Å². The van der Waals surface area contributed by atoms with Crippen LogP contribution in [0.2, 0.25) is 0 Å². The van der Waals surface area contributed by atoms with Crippen molar-refractivity contribution in [3.05, 3.63) is 71.8 Å². The summed E-state index contributed by atoms with van der Waals surface area (Å²) in [5.74, 6) is -0.204. The molecule has 0 spiro atoms. The van der Waals surface area contributed by atoms with Crippen LogP contribution in [0.1, 0.15) is 29.9 Å². The third kappa shape index (κ3) is 3.45. The summed E-state index contributed by atoms with van der Waals surface area (Å²) in [4.78, 5) is 12.3. The van der Waals surface area contributed by atoms with Crippen molar-refractivity contribution < 1.29 is 4.79 Å². The van der Waals surface area contributed by atoms with Crippen molar-refractivity contribution in [1.82, 2.24) is 5.32 Å². The van der Waals surface area contributed by atoms with Gasteiger partial charge in [-0.25, -0.2) is 0 Å². The Morgan fingerprint density at radius 1 is 0.952 bits per heavy atom. The largest absolute Gasteiger partial charge is 0.352 e. The Morgan fingerprint density at radius 3 is 1.86 bits per heavy atom. The van der Waals surface area contributed by atoms with Gasteiger partial charge in [0.25, 0.3) is 0 Å². The molecule has 21 heavy (non-hydrogen) atoms. The summed E-state index contributed by atoms with van der Waals surface area (Å²) in [6.07, 6.45) is 2.13. The fourth-order valence-corrected chi connectivity index (χ4v) is 2.86. The molecule has 1 aliphatic rings. The molecule has 108 valence electrons. The highest BCUT2D eigenvalue weighted by Gasteiger charge is 2.32. The molecule has 0 aromatic heterocycles. The van der Waals surface area contributed by atoms with E-state index in [1.165, 1.54) is 0 Å². The first-order chi connectivity index (χ1) is 10.3. The van der Waals surface area contributed by atoms with E-state index in [4.69, 9.17) is 11.6 Å². The van der Waals surface area contributed by atoms with Gasteiger partial charge in [0, 0.05) is 12.0 Å². The van der Waals surface area contributed by atoms with E-state index in [1.54, 1.807) is 0 Å². The Hall–Kier alpha value is -1.80. The Kier molecular flexibility index (Phi) is 4.26. The van der Waals surface area contributed by atoms with E-state index in [0.29, 0.717) is 6.04 Å². The predicted molar refractivity (Wildman–Crippen MR) is 85.5 cm³/mol. The maximum atomic E-state index is 12.3. The van der Waals surface area contributed by atoms with Crippen LogP contribution in [0, 0.1) is 0 Å². The Bertz CT molecular complexity index is 556. The number of carbonyl (C=O) groups is 1. The SMILES string of the molecule is O=C(NC1CC1)C(Cl)C(c1ccccc1)c1ccccc1. The molecule has 1 N–H and O–H groups in total. The van der Waals surface area contributed by atoms with Crippen LogP contribution in [-0.4, -0.2) is 17.3 Å². The molecule has 0 aliphatic heterocycles. The van der Waals surface area contributed by atoms with Crippen molar-refractivity contribution in [2.24, 2.45) is 0 Å². The van der Waals surface area contributed by atoms with Gasteiger partial charge >= 0.3 is 0 Å². The van der Waals surface area contributed by atoms with Gasteiger partial charge < -0.3 is 5.32 Å². The predicted octanol–water partition coefficient (Wildman–Crippen LogP) is 3.70. The van der Waals surface area contributed by atoms with Crippen molar-refractivity contribution >= 4 is 17.5 Å². The van der Waals surface area contributed by atoms with E-state index >= 15 is 0 Å². The Labute approximate surface area is 130 Å². The topological polar surface area (TPSA) is 29.1 Å². The molecule has 3 heteroatoms. The number of benzene rings is 2. The third-order valence-corrected chi connectivity index (χ3v) is 4.23. The maximum Gasteiger partial charge on any atom is 0.239 e. The molecular formula is C18H18ClNO. The zero-order valence-electron chi connectivity index (χ0n) is 11.7. The average molecular weight is 300 g/mol. The number of hydrogen-bond donors (Lipinski definition) is 1. The molecule has 1 unspecified atom stereocenters. The molecule has 0 heterocycles. The molecule has 1 amide bonds. The summed E-state index contributed by atoms with van der Waals surface area (Å²) < 4.78 is 0. The number of halogens is 1. The normalized spacial score (nSPS) is 15.7. The Balaban J connectivity index is 1.90. The first-order valence-electron chi connectivity index (χ1n) is 7.30. The second-order valence-electron chi connectivity index (χ2n) is 5.48. The van der Waals surface area contributed by atoms with Gasteiger partial charge in [0.2, 0.25) is 5.91 Å². The highest BCUT2D eigenvalue weighted by atomic mass is 35.5. The van der Waals surface area contributed by atoms with Crippen molar-refractivity contribution in [2.45, 2.75) is 30.2 Å². The minimum atomic E-state index is -0.601. The number of nitrogens with one attached hydrogen (secondary N) is 1. The minimum Gasteiger partial charge on any atom is -0.352 e. The lowest BCUT2D eigenvalue weighted by molar-refractivity contribution is -0.121. The van der Waals surface area contributed by atoms with Gasteiger partial charge in [-0.3, -0.25) is 4.79 Å². The summed E-state index contributed by atoms with van der Waals surface area (Å²) in [6.45, 7) is 0. The highest BCUT2D eigenvalue weighted by molar-refractivity contribution is 6.31. The molecule has 1 atom stereocenters. The van der Waals surface area contributed by atoms with Crippen LogP contribution in [0.3, 0.4) is 0 Å². The molecule has 3 rings (SSSR count). The van der Waals surface area contributed by atoms with Gasteiger partial charge in [-0.1, -0.05) is 60.7 Å². The van der Waals surface area contributed by atoms with Crippen LogP contribution in [0.15, 0.2) is 60.7 Å². The van der Waals surface area contributed by atoms with Gasteiger partial charge in [-0.05, 0) is 24.0 Å². The van der Waals surface area contributed by atoms with E-state index in [-0.39, 0.29) is 11.8 Å². The van der Waals surface area contributed by atoms with Crippen LogP contribution in [0.5, 0.6) is 0 Å². The second kappa shape index (κ2) is 6.31.